The summed E-state index contributed by atoms with van der Waals surface area (Å²) in [6.45, 7) is 0.339. The first kappa shape index (κ1) is 13.4. The lowest BCUT2D eigenvalue weighted by atomic mass is 10.1. The number of rotatable bonds is 2. The number of thiophene rings is 1. The fourth-order valence-electron chi connectivity index (χ4n) is 1.88. The van der Waals surface area contributed by atoms with Crippen molar-refractivity contribution in [3.63, 3.8) is 0 Å². The molecule has 0 spiro atoms. The molecule has 0 aliphatic carbocycles. The summed E-state index contributed by atoms with van der Waals surface area (Å²) in [5.41, 5.74) is 0. The lowest BCUT2D eigenvalue weighted by molar-refractivity contribution is -0.00961. The molecule has 1 aromatic heterocycles. The van der Waals surface area contributed by atoms with Gasteiger partial charge < -0.3 is 14.6 Å². The van der Waals surface area contributed by atoms with E-state index in [4.69, 9.17) is 9.47 Å². The Morgan fingerprint density at radius 3 is 2.68 bits per heavy atom. The molecule has 0 fully saturated rings. The molecule has 2 unspecified atom stereocenters. The molecule has 2 atom stereocenters. The Kier molecular flexibility index (Phi) is 3.84. The Labute approximate surface area is 131 Å². The molecule has 19 heavy (non-hydrogen) atoms. The predicted molar refractivity (Wildman–Crippen MR) is 81.0 cm³/mol. The van der Waals surface area contributed by atoms with Crippen molar-refractivity contribution in [2.75, 3.05) is 6.61 Å². The van der Waals surface area contributed by atoms with Gasteiger partial charge in [0.15, 0.2) is 17.6 Å². The van der Waals surface area contributed by atoms with Crippen LogP contribution in [0.25, 0.3) is 0 Å². The minimum absolute atomic E-state index is 0.339. The van der Waals surface area contributed by atoms with Crippen LogP contribution < -0.4 is 9.47 Å². The van der Waals surface area contributed by atoms with Gasteiger partial charge in [-0.1, -0.05) is 12.1 Å². The van der Waals surface area contributed by atoms with E-state index in [1.807, 2.05) is 30.3 Å². The number of ether oxygens (including phenoxy) is 2. The molecular formula is C13H10Br2O3S. The van der Waals surface area contributed by atoms with Crippen molar-refractivity contribution in [2.45, 2.75) is 12.2 Å². The molecule has 2 heterocycles. The summed E-state index contributed by atoms with van der Waals surface area (Å²) in [5.74, 6) is 1.40. The molecule has 100 valence electrons. The third-order valence-corrected chi connectivity index (χ3v) is 6.17. The highest BCUT2D eigenvalue weighted by molar-refractivity contribution is 9.13. The Morgan fingerprint density at radius 1 is 1.26 bits per heavy atom. The average Bonchev–Trinajstić information content (AvgIpc) is 2.77. The van der Waals surface area contributed by atoms with Crippen molar-refractivity contribution >= 4 is 43.2 Å². The number of para-hydroxylation sites is 2. The lowest BCUT2D eigenvalue weighted by Crippen LogP contribution is -2.34. The van der Waals surface area contributed by atoms with E-state index in [0.29, 0.717) is 12.4 Å². The van der Waals surface area contributed by atoms with E-state index < -0.39 is 12.2 Å². The highest BCUT2D eigenvalue weighted by Crippen LogP contribution is 2.39. The number of aliphatic hydroxyl groups is 1. The Morgan fingerprint density at radius 2 is 2.00 bits per heavy atom. The molecule has 0 amide bonds. The third kappa shape index (κ3) is 2.67. The standard InChI is InChI=1S/C13H10Br2O3S/c14-7-5-11(19-13(7)15)12(16)10-6-17-8-3-1-2-4-9(8)18-10/h1-5,10,12,16H,6H2. The number of fused-ring (bicyclic) bond motifs is 1. The molecule has 0 radical (unpaired) electrons. The van der Waals surface area contributed by atoms with Gasteiger partial charge in [-0.05, 0) is 50.1 Å². The van der Waals surface area contributed by atoms with Gasteiger partial charge in [-0.15, -0.1) is 11.3 Å². The van der Waals surface area contributed by atoms with E-state index in [1.54, 1.807) is 0 Å². The average molecular weight is 406 g/mol. The van der Waals surface area contributed by atoms with Crippen LogP contribution in [0.1, 0.15) is 11.0 Å². The van der Waals surface area contributed by atoms with Gasteiger partial charge in [0.2, 0.25) is 0 Å². The Bertz CT molecular complexity index is 580. The summed E-state index contributed by atoms with van der Waals surface area (Å²) in [6, 6.07) is 9.37. The second-order valence-electron chi connectivity index (χ2n) is 4.13. The summed E-state index contributed by atoms with van der Waals surface area (Å²) in [7, 11) is 0. The quantitative estimate of drug-likeness (QED) is 0.815. The van der Waals surface area contributed by atoms with Crippen LogP contribution in [-0.2, 0) is 0 Å². The van der Waals surface area contributed by atoms with Gasteiger partial charge in [-0.3, -0.25) is 0 Å². The van der Waals surface area contributed by atoms with Gasteiger partial charge in [-0.25, -0.2) is 0 Å². The fraction of sp³-hybridized carbons (Fsp3) is 0.231. The zero-order valence-corrected chi connectivity index (χ0v) is 13.7. The Balaban J connectivity index is 1.81. The van der Waals surface area contributed by atoms with Crippen LogP contribution in [0.5, 0.6) is 11.5 Å². The topological polar surface area (TPSA) is 38.7 Å². The van der Waals surface area contributed by atoms with Crippen molar-refractivity contribution < 1.29 is 14.6 Å². The van der Waals surface area contributed by atoms with E-state index in [0.717, 1.165) is 18.9 Å². The second-order valence-corrected chi connectivity index (χ2v) is 7.39. The normalized spacial score (nSPS) is 19.2. The van der Waals surface area contributed by atoms with Crippen LogP contribution in [-0.4, -0.2) is 17.8 Å². The maximum atomic E-state index is 10.4. The van der Waals surface area contributed by atoms with E-state index >= 15 is 0 Å². The third-order valence-electron chi connectivity index (χ3n) is 2.84. The van der Waals surface area contributed by atoms with E-state index in [-0.39, 0.29) is 0 Å². The number of hydrogen-bond acceptors (Lipinski definition) is 4. The van der Waals surface area contributed by atoms with Gasteiger partial charge in [-0.2, -0.15) is 0 Å². The van der Waals surface area contributed by atoms with Crippen LogP contribution in [0.2, 0.25) is 0 Å². The highest BCUT2D eigenvalue weighted by atomic mass is 79.9. The largest absolute Gasteiger partial charge is 0.486 e. The first-order valence-electron chi connectivity index (χ1n) is 5.66. The van der Waals surface area contributed by atoms with Crippen molar-refractivity contribution in [1.29, 1.82) is 0 Å². The summed E-state index contributed by atoms with van der Waals surface area (Å²) in [5, 5.41) is 10.4. The molecule has 1 aliphatic rings. The maximum Gasteiger partial charge on any atom is 0.163 e. The van der Waals surface area contributed by atoms with Crippen LogP contribution in [0, 0.1) is 0 Å². The van der Waals surface area contributed by atoms with Gasteiger partial charge in [0.25, 0.3) is 0 Å². The summed E-state index contributed by atoms with van der Waals surface area (Å²) >= 11 is 8.32. The molecule has 3 rings (SSSR count). The van der Waals surface area contributed by atoms with Gasteiger partial charge >= 0.3 is 0 Å². The molecule has 2 aromatic rings. The maximum absolute atomic E-state index is 10.4. The van der Waals surface area contributed by atoms with Gasteiger partial charge in [0, 0.05) is 9.35 Å². The fourth-order valence-corrected chi connectivity index (χ4v) is 4.01. The zero-order chi connectivity index (χ0) is 13.4. The van der Waals surface area contributed by atoms with Gasteiger partial charge in [0.05, 0.1) is 3.79 Å². The molecule has 1 N–H and O–H groups in total. The summed E-state index contributed by atoms with van der Waals surface area (Å²) < 4.78 is 13.3. The van der Waals surface area contributed by atoms with E-state index in [2.05, 4.69) is 31.9 Å². The van der Waals surface area contributed by atoms with Crippen molar-refractivity contribution in [1.82, 2.24) is 0 Å². The monoisotopic (exact) mass is 404 g/mol. The molecular weight excluding hydrogens is 396 g/mol. The van der Waals surface area contributed by atoms with Crippen molar-refractivity contribution in [2.24, 2.45) is 0 Å². The summed E-state index contributed by atoms with van der Waals surface area (Å²) in [6.07, 6.45) is -1.10. The number of aliphatic hydroxyl groups excluding tert-OH is 1. The molecule has 0 saturated heterocycles. The van der Waals surface area contributed by atoms with E-state index in [9.17, 15) is 5.11 Å². The molecule has 3 nitrogen and oxygen atoms in total. The van der Waals surface area contributed by atoms with Gasteiger partial charge in [0.1, 0.15) is 12.7 Å². The first-order chi connectivity index (χ1) is 9.15. The molecule has 6 heteroatoms. The Hall–Kier alpha value is -0.560. The lowest BCUT2D eigenvalue weighted by Gasteiger charge is -2.29. The highest BCUT2D eigenvalue weighted by Gasteiger charge is 2.30. The SMILES string of the molecule is OC(c1cc(Br)c(Br)s1)C1COc2ccccc2O1. The molecule has 1 aromatic carbocycles. The minimum atomic E-state index is -0.707. The predicted octanol–water partition coefficient (Wildman–Crippen LogP) is 4.15. The first-order valence-corrected chi connectivity index (χ1v) is 8.06. The molecule has 0 saturated carbocycles. The smallest absolute Gasteiger partial charge is 0.163 e. The van der Waals surface area contributed by atoms with Crippen molar-refractivity contribution in [3.8, 4) is 11.5 Å². The van der Waals surface area contributed by atoms with Crippen LogP contribution in [0.15, 0.2) is 38.6 Å². The molecule has 0 bridgehead atoms. The number of halogens is 2. The van der Waals surface area contributed by atoms with E-state index in [1.165, 1.54) is 11.3 Å². The summed E-state index contributed by atoms with van der Waals surface area (Å²) in [4.78, 5) is 0.840. The number of benzene rings is 1. The van der Waals surface area contributed by atoms with Crippen LogP contribution >= 0.6 is 43.2 Å². The second kappa shape index (κ2) is 5.44. The zero-order valence-electron chi connectivity index (χ0n) is 9.68. The number of hydrogen-bond donors (Lipinski definition) is 1. The molecule has 1 aliphatic heterocycles. The minimum Gasteiger partial charge on any atom is -0.486 e. The van der Waals surface area contributed by atoms with Crippen LogP contribution in [0.4, 0.5) is 0 Å². The van der Waals surface area contributed by atoms with Crippen molar-refractivity contribution in [3.05, 3.63) is 43.5 Å². The van der Waals surface area contributed by atoms with Crippen LogP contribution in [0.3, 0.4) is 0 Å².